The van der Waals surface area contributed by atoms with Crippen molar-refractivity contribution in [1.29, 1.82) is 0 Å². The third-order valence-corrected chi connectivity index (χ3v) is 4.84. The fourth-order valence-corrected chi connectivity index (χ4v) is 3.68. The van der Waals surface area contributed by atoms with E-state index in [-0.39, 0.29) is 11.3 Å². The SMILES string of the molecule is CCNC1c2ccccc2OCC1Sc1ccc(Cl)cn1. The van der Waals surface area contributed by atoms with Gasteiger partial charge in [-0.3, -0.25) is 0 Å². The number of aromatic nitrogens is 1. The number of ether oxygens (including phenoxy) is 1. The molecule has 0 aliphatic carbocycles. The van der Waals surface area contributed by atoms with Gasteiger partial charge in [-0.2, -0.15) is 0 Å². The van der Waals surface area contributed by atoms with Gasteiger partial charge in [0.2, 0.25) is 0 Å². The zero-order valence-corrected chi connectivity index (χ0v) is 13.3. The standard InChI is InChI=1S/C16H17ClN2OS/c1-2-18-16-12-5-3-4-6-13(12)20-10-14(16)21-15-8-7-11(17)9-19-15/h3-9,14,16,18H,2,10H2,1H3. The lowest BCUT2D eigenvalue weighted by Gasteiger charge is -2.33. The Morgan fingerprint density at radius 2 is 2.19 bits per heavy atom. The Hall–Kier alpha value is -1.23. The lowest BCUT2D eigenvalue weighted by Crippen LogP contribution is -2.37. The Morgan fingerprint density at radius 3 is 2.95 bits per heavy atom. The van der Waals surface area contributed by atoms with Gasteiger partial charge in [-0.05, 0) is 24.7 Å². The molecule has 5 heteroatoms. The first-order valence-electron chi connectivity index (χ1n) is 7.01. The van der Waals surface area contributed by atoms with E-state index in [2.05, 4.69) is 29.4 Å². The van der Waals surface area contributed by atoms with Gasteiger partial charge in [0.15, 0.2) is 0 Å². The predicted molar refractivity (Wildman–Crippen MR) is 87.2 cm³/mol. The summed E-state index contributed by atoms with van der Waals surface area (Å²) in [5.41, 5.74) is 1.22. The smallest absolute Gasteiger partial charge is 0.124 e. The fraction of sp³-hybridized carbons (Fsp3) is 0.312. The summed E-state index contributed by atoms with van der Waals surface area (Å²) < 4.78 is 5.89. The largest absolute Gasteiger partial charge is 0.492 e. The van der Waals surface area contributed by atoms with E-state index >= 15 is 0 Å². The second-order valence-corrected chi connectivity index (χ2v) is 6.55. The molecule has 1 aliphatic rings. The minimum absolute atomic E-state index is 0.266. The van der Waals surface area contributed by atoms with Crippen molar-refractivity contribution in [1.82, 2.24) is 10.3 Å². The number of hydrogen-bond donors (Lipinski definition) is 1. The first kappa shape index (κ1) is 14.7. The zero-order valence-electron chi connectivity index (χ0n) is 11.8. The highest BCUT2D eigenvalue weighted by molar-refractivity contribution is 7.99. The lowest BCUT2D eigenvalue weighted by atomic mass is 10.0. The molecular weight excluding hydrogens is 304 g/mol. The van der Waals surface area contributed by atoms with Crippen LogP contribution < -0.4 is 10.1 Å². The monoisotopic (exact) mass is 320 g/mol. The van der Waals surface area contributed by atoms with Gasteiger partial charge >= 0.3 is 0 Å². The van der Waals surface area contributed by atoms with Crippen LogP contribution in [0, 0.1) is 0 Å². The quantitative estimate of drug-likeness (QED) is 0.925. The molecule has 0 spiro atoms. The Bertz CT molecular complexity index is 605. The van der Waals surface area contributed by atoms with Crippen molar-refractivity contribution < 1.29 is 4.74 Å². The summed E-state index contributed by atoms with van der Waals surface area (Å²) in [5.74, 6) is 0.976. The van der Waals surface area contributed by atoms with Crippen molar-refractivity contribution in [3.8, 4) is 5.75 Å². The number of hydrogen-bond acceptors (Lipinski definition) is 4. The second kappa shape index (κ2) is 6.69. The van der Waals surface area contributed by atoms with Gasteiger partial charge in [0.05, 0.1) is 21.3 Å². The van der Waals surface area contributed by atoms with Gasteiger partial charge < -0.3 is 10.1 Å². The number of fused-ring (bicyclic) bond motifs is 1. The van der Waals surface area contributed by atoms with Crippen LogP contribution >= 0.6 is 23.4 Å². The first-order valence-corrected chi connectivity index (χ1v) is 8.27. The van der Waals surface area contributed by atoms with Crippen LogP contribution in [0.15, 0.2) is 47.6 Å². The van der Waals surface area contributed by atoms with Crippen molar-refractivity contribution in [2.75, 3.05) is 13.2 Å². The molecule has 2 unspecified atom stereocenters. The number of thioether (sulfide) groups is 1. The van der Waals surface area contributed by atoms with Crippen LogP contribution in [0.3, 0.4) is 0 Å². The van der Waals surface area contributed by atoms with Crippen LogP contribution in [-0.4, -0.2) is 23.4 Å². The highest BCUT2D eigenvalue weighted by Crippen LogP contribution is 2.39. The molecular formula is C16H17ClN2OS. The van der Waals surface area contributed by atoms with Crippen LogP contribution in [0.4, 0.5) is 0 Å². The predicted octanol–water partition coefficient (Wildman–Crippen LogP) is 3.94. The molecule has 1 aliphatic heterocycles. The van der Waals surface area contributed by atoms with Gasteiger partial charge in [0.1, 0.15) is 12.4 Å². The molecule has 3 rings (SSSR count). The lowest BCUT2D eigenvalue weighted by molar-refractivity contribution is 0.261. The number of benzene rings is 1. The van der Waals surface area contributed by atoms with E-state index in [0.29, 0.717) is 11.6 Å². The summed E-state index contributed by atoms with van der Waals surface area (Å²) >= 11 is 7.62. The highest BCUT2D eigenvalue weighted by atomic mass is 35.5. The van der Waals surface area contributed by atoms with Crippen molar-refractivity contribution in [2.45, 2.75) is 23.2 Å². The molecule has 1 aromatic carbocycles. The average Bonchev–Trinajstić information content (AvgIpc) is 2.52. The van der Waals surface area contributed by atoms with E-state index in [1.807, 2.05) is 24.3 Å². The summed E-state index contributed by atoms with van der Waals surface area (Å²) in [7, 11) is 0. The summed E-state index contributed by atoms with van der Waals surface area (Å²) in [6, 6.07) is 12.3. The molecule has 1 aromatic heterocycles. The van der Waals surface area contributed by atoms with Gasteiger partial charge in [-0.15, -0.1) is 0 Å². The van der Waals surface area contributed by atoms with E-state index in [1.54, 1.807) is 18.0 Å². The van der Waals surface area contributed by atoms with Crippen LogP contribution in [0.1, 0.15) is 18.5 Å². The Labute approximate surface area is 134 Å². The van der Waals surface area contributed by atoms with Gasteiger partial charge in [-0.1, -0.05) is 48.5 Å². The second-order valence-electron chi connectivity index (χ2n) is 4.86. The fourth-order valence-electron chi connectivity index (χ4n) is 2.49. The Morgan fingerprint density at radius 1 is 1.33 bits per heavy atom. The molecule has 0 fully saturated rings. The minimum Gasteiger partial charge on any atom is -0.492 e. The van der Waals surface area contributed by atoms with E-state index in [1.165, 1.54) is 5.56 Å². The molecule has 0 saturated carbocycles. The molecule has 0 amide bonds. The van der Waals surface area contributed by atoms with Crippen LogP contribution in [0.25, 0.3) is 0 Å². The molecule has 3 nitrogen and oxygen atoms in total. The molecule has 21 heavy (non-hydrogen) atoms. The Kier molecular flexibility index (Phi) is 4.68. The summed E-state index contributed by atoms with van der Waals surface area (Å²) in [6.07, 6.45) is 1.68. The van der Waals surface area contributed by atoms with Gasteiger partial charge in [0, 0.05) is 11.8 Å². The van der Waals surface area contributed by atoms with E-state index in [0.717, 1.165) is 17.3 Å². The summed E-state index contributed by atoms with van der Waals surface area (Å²) in [4.78, 5) is 4.37. The average molecular weight is 321 g/mol. The van der Waals surface area contributed by atoms with Crippen LogP contribution in [0.5, 0.6) is 5.75 Å². The number of pyridine rings is 1. The van der Waals surface area contributed by atoms with Crippen molar-refractivity contribution in [3.63, 3.8) is 0 Å². The zero-order chi connectivity index (χ0) is 14.7. The van der Waals surface area contributed by atoms with Crippen LogP contribution in [0.2, 0.25) is 5.02 Å². The third kappa shape index (κ3) is 3.34. The molecule has 0 radical (unpaired) electrons. The third-order valence-electron chi connectivity index (χ3n) is 3.43. The molecule has 0 bridgehead atoms. The molecule has 2 heterocycles. The maximum absolute atomic E-state index is 5.89. The summed E-state index contributed by atoms with van der Waals surface area (Å²) in [5, 5.41) is 5.48. The molecule has 0 saturated heterocycles. The maximum Gasteiger partial charge on any atom is 0.124 e. The topological polar surface area (TPSA) is 34.1 Å². The number of halogens is 1. The number of nitrogens with zero attached hydrogens (tertiary/aromatic N) is 1. The number of para-hydroxylation sites is 1. The Balaban J connectivity index is 1.83. The maximum atomic E-state index is 5.89. The number of rotatable bonds is 4. The van der Waals surface area contributed by atoms with Crippen molar-refractivity contribution in [3.05, 3.63) is 53.2 Å². The van der Waals surface area contributed by atoms with E-state index in [4.69, 9.17) is 16.3 Å². The van der Waals surface area contributed by atoms with E-state index in [9.17, 15) is 0 Å². The minimum atomic E-state index is 0.266. The highest BCUT2D eigenvalue weighted by Gasteiger charge is 2.31. The molecule has 1 N–H and O–H groups in total. The number of nitrogens with one attached hydrogen (secondary N) is 1. The van der Waals surface area contributed by atoms with E-state index < -0.39 is 0 Å². The normalized spacial score (nSPS) is 20.7. The summed E-state index contributed by atoms with van der Waals surface area (Å²) in [6.45, 7) is 3.72. The first-order chi connectivity index (χ1) is 10.3. The van der Waals surface area contributed by atoms with Crippen molar-refractivity contribution in [2.24, 2.45) is 0 Å². The molecule has 2 atom stereocenters. The molecule has 2 aromatic rings. The van der Waals surface area contributed by atoms with Crippen molar-refractivity contribution >= 4 is 23.4 Å². The molecule has 110 valence electrons. The van der Waals surface area contributed by atoms with Gasteiger partial charge in [0.25, 0.3) is 0 Å². The van der Waals surface area contributed by atoms with Crippen LogP contribution in [-0.2, 0) is 0 Å². The van der Waals surface area contributed by atoms with Gasteiger partial charge in [-0.25, -0.2) is 4.98 Å².